The Morgan fingerprint density at radius 1 is 1.31 bits per heavy atom. The maximum Gasteiger partial charge on any atom is -0.0288 e. The molecular weight excluding hydrogens is 156 g/mol. The quantitative estimate of drug-likeness (QED) is 0.360. The van der Waals surface area contributed by atoms with Crippen molar-refractivity contribution in [3.8, 4) is 0 Å². The van der Waals surface area contributed by atoms with E-state index in [1.807, 2.05) is 13.8 Å². The van der Waals surface area contributed by atoms with Crippen molar-refractivity contribution in [1.29, 1.82) is 0 Å². The lowest BCUT2D eigenvalue weighted by atomic mass is 10.0. The predicted molar refractivity (Wildman–Crippen MR) is 65.1 cm³/mol. The standard InChI is InChI=1S/C5H8.C3H8.C3H4.C2H6/c1-5-3-2-4-5;2*1-3-2;1-2/h3H,2,4H2,1H3;3H2,1-2H3;1-2H2;1-2H3. The molecule has 1 rings (SSSR count). The van der Waals surface area contributed by atoms with Gasteiger partial charge in [0, 0.05) is 0 Å². The summed E-state index contributed by atoms with van der Waals surface area (Å²) in [6.45, 7) is 16.7. The minimum atomic E-state index is 1.25. The Hall–Kier alpha value is -0.740. The molecule has 0 aromatic rings. The molecule has 0 aliphatic heterocycles. The molecule has 1 aliphatic rings. The van der Waals surface area contributed by atoms with Crippen molar-refractivity contribution in [3.63, 3.8) is 0 Å². The summed E-state index contributed by atoms with van der Waals surface area (Å²) in [6.07, 6.45) is 6.19. The van der Waals surface area contributed by atoms with Gasteiger partial charge in [0.05, 0.1) is 0 Å². The monoisotopic (exact) mass is 182 g/mol. The van der Waals surface area contributed by atoms with Gasteiger partial charge in [0.1, 0.15) is 0 Å². The van der Waals surface area contributed by atoms with E-state index in [-0.39, 0.29) is 0 Å². The third-order valence-electron chi connectivity index (χ3n) is 1.03. The van der Waals surface area contributed by atoms with Crippen molar-refractivity contribution in [2.45, 2.75) is 53.9 Å². The van der Waals surface area contributed by atoms with Crippen molar-refractivity contribution in [3.05, 3.63) is 30.5 Å². The first-order valence-electron chi connectivity index (χ1n) is 5.17. The maximum absolute atomic E-state index is 3.12. The topological polar surface area (TPSA) is 0 Å². The smallest absolute Gasteiger partial charge is 0.0288 e. The first-order chi connectivity index (χ1) is 6.22. The molecule has 0 radical (unpaired) electrons. The molecular formula is C13H26. The zero-order chi connectivity index (χ0) is 11.1. The van der Waals surface area contributed by atoms with Crippen LogP contribution in [0.3, 0.4) is 0 Å². The summed E-state index contributed by atoms with van der Waals surface area (Å²) in [6, 6.07) is 0. The molecule has 1 aliphatic carbocycles. The zero-order valence-electron chi connectivity index (χ0n) is 10.1. The van der Waals surface area contributed by atoms with Gasteiger partial charge in [0.2, 0.25) is 0 Å². The minimum absolute atomic E-state index is 1.25. The first kappa shape index (κ1) is 18.1. The van der Waals surface area contributed by atoms with Crippen LogP contribution in [0.4, 0.5) is 0 Å². The van der Waals surface area contributed by atoms with Crippen molar-refractivity contribution < 1.29 is 0 Å². The highest BCUT2D eigenvalue weighted by Gasteiger charge is 1.94. The summed E-state index contributed by atoms with van der Waals surface area (Å²) in [5.41, 5.74) is 3.81. The Morgan fingerprint density at radius 3 is 1.46 bits per heavy atom. The van der Waals surface area contributed by atoms with E-state index in [0.29, 0.717) is 0 Å². The van der Waals surface area contributed by atoms with Gasteiger partial charge < -0.3 is 0 Å². The first-order valence-corrected chi connectivity index (χ1v) is 5.17. The van der Waals surface area contributed by atoms with Crippen LogP contribution in [0.15, 0.2) is 30.5 Å². The van der Waals surface area contributed by atoms with Crippen LogP contribution < -0.4 is 0 Å². The summed E-state index contributed by atoms with van der Waals surface area (Å²) in [4.78, 5) is 0. The van der Waals surface area contributed by atoms with Gasteiger partial charge in [0.25, 0.3) is 0 Å². The summed E-state index contributed by atoms with van der Waals surface area (Å²) in [7, 11) is 0. The third kappa shape index (κ3) is 34.9. The Labute approximate surface area is 85.1 Å². The molecule has 0 saturated heterocycles. The molecule has 0 saturated carbocycles. The van der Waals surface area contributed by atoms with Crippen LogP contribution in [0.1, 0.15) is 53.9 Å². The van der Waals surface area contributed by atoms with Crippen molar-refractivity contribution in [2.75, 3.05) is 0 Å². The zero-order valence-corrected chi connectivity index (χ0v) is 10.1. The molecule has 0 unspecified atom stereocenters. The van der Waals surface area contributed by atoms with Crippen LogP contribution in [0.5, 0.6) is 0 Å². The lowest BCUT2D eigenvalue weighted by Crippen LogP contribution is -1.84. The molecule has 0 aromatic carbocycles. The fraction of sp³-hybridized carbons (Fsp3) is 0.615. The van der Waals surface area contributed by atoms with Crippen LogP contribution in [0.2, 0.25) is 0 Å². The molecule has 0 amide bonds. The highest BCUT2D eigenvalue weighted by molar-refractivity contribution is 5.07. The Kier molecular flexibility index (Phi) is 31.4. The molecule has 78 valence electrons. The molecule has 13 heavy (non-hydrogen) atoms. The minimum Gasteiger partial charge on any atom is -0.137 e. The van der Waals surface area contributed by atoms with Crippen LogP contribution >= 0.6 is 0 Å². The van der Waals surface area contributed by atoms with E-state index in [9.17, 15) is 0 Å². The second kappa shape index (κ2) is 22.5. The molecule has 0 aromatic heterocycles. The van der Waals surface area contributed by atoms with Gasteiger partial charge in [-0.05, 0) is 19.8 Å². The van der Waals surface area contributed by atoms with Gasteiger partial charge in [-0.25, -0.2) is 0 Å². The van der Waals surface area contributed by atoms with Gasteiger partial charge in [-0.3, -0.25) is 0 Å². The average Bonchev–Trinajstić information content (AvgIpc) is 2.08. The van der Waals surface area contributed by atoms with Crippen molar-refractivity contribution in [1.82, 2.24) is 0 Å². The van der Waals surface area contributed by atoms with Gasteiger partial charge in [-0.2, -0.15) is 0 Å². The number of allylic oxidation sites excluding steroid dienone is 2. The lowest BCUT2D eigenvalue weighted by molar-refractivity contribution is 0.875. The number of hydrogen-bond donors (Lipinski definition) is 0. The molecule has 0 bridgehead atoms. The molecule has 0 fully saturated rings. The van der Waals surface area contributed by atoms with E-state index in [2.05, 4.69) is 45.7 Å². The van der Waals surface area contributed by atoms with Gasteiger partial charge >= 0.3 is 0 Å². The van der Waals surface area contributed by atoms with E-state index in [1.165, 1.54) is 19.3 Å². The second-order valence-corrected chi connectivity index (χ2v) is 2.55. The Balaban J connectivity index is -0.000000112. The predicted octanol–water partition coefficient (Wildman–Crippen LogP) is 5.13. The highest BCUT2D eigenvalue weighted by Crippen LogP contribution is 2.14. The fourth-order valence-corrected chi connectivity index (χ4v) is 0.433. The highest BCUT2D eigenvalue weighted by atomic mass is 14.0. The van der Waals surface area contributed by atoms with Crippen molar-refractivity contribution >= 4 is 0 Å². The van der Waals surface area contributed by atoms with Gasteiger partial charge in [-0.1, -0.05) is 58.9 Å². The maximum atomic E-state index is 3.12. The van der Waals surface area contributed by atoms with Crippen LogP contribution in [-0.4, -0.2) is 0 Å². The van der Waals surface area contributed by atoms with Crippen LogP contribution in [-0.2, 0) is 0 Å². The van der Waals surface area contributed by atoms with Gasteiger partial charge in [0.15, 0.2) is 0 Å². The lowest BCUT2D eigenvalue weighted by Gasteiger charge is -2.05. The van der Waals surface area contributed by atoms with E-state index < -0.39 is 0 Å². The van der Waals surface area contributed by atoms with Crippen molar-refractivity contribution in [2.24, 2.45) is 0 Å². The third-order valence-corrected chi connectivity index (χ3v) is 1.03. The molecule has 0 nitrogen and oxygen atoms in total. The Morgan fingerprint density at radius 2 is 1.46 bits per heavy atom. The molecule has 0 spiro atoms. The summed E-state index contributed by atoms with van der Waals surface area (Å²) < 4.78 is 0. The second-order valence-electron chi connectivity index (χ2n) is 2.55. The Bertz CT molecular complexity index is 123. The summed E-state index contributed by atoms with van der Waals surface area (Å²) in [5, 5.41) is 0. The molecule has 0 atom stereocenters. The molecule has 0 heterocycles. The SMILES string of the molecule is C=C=C.CC.CC1=CCC1.CCC. The molecule has 0 N–H and O–H groups in total. The average molecular weight is 182 g/mol. The number of hydrogen-bond acceptors (Lipinski definition) is 0. The van der Waals surface area contributed by atoms with E-state index in [1.54, 1.807) is 5.57 Å². The summed E-state index contributed by atoms with van der Waals surface area (Å²) >= 11 is 0. The fourth-order valence-electron chi connectivity index (χ4n) is 0.433. The van der Waals surface area contributed by atoms with E-state index >= 15 is 0 Å². The van der Waals surface area contributed by atoms with E-state index in [0.717, 1.165) is 0 Å². The normalized spacial score (nSPS) is 10.4. The van der Waals surface area contributed by atoms with Gasteiger partial charge in [-0.15, -0.1) is 5.73 Å². The molecule has 0 heteroatoms. The van der Waals surface area contributed by atoms with Crippen LogP contribution in [0.25, 0.3) is 0 Å². The van der Waals surface area contributed by atoms with Crippen LogP contribution in [0, 0.1) is 0 Å². The van der Waals surface area contributed by atoms with E-state index in [4.69, 9.17) is 0 Å². The summed E-state index contributed by atoms with van der Waals surface area (Å²) in [5.74, 6) is 0. The largest absolute Gasteiger partial charge is 0.137 e. The number of rotatable bonds is 0.